The minimum atomic E-state index is -0.404. The second-order valence-electron chi connectivity index (χ2n) is 7.78. The average Bonchev–Trinajstić information content (AvgIpc) is 2.92. The summed E-state index contributed by atoms with van der Waals surface area (Å²) < 4.78 is 5.22. The Labute approximate surface area is 203 Å². The molecule has 0 radical (unpaired) electrons. The lowest BCUT2D eigenvalue weighted by Gasteiger charge is -2.30. The summed E-state index contributed by atoms with van der Waals surface area (Å²) in [6.45, 7) is 4.18. The molecule has 2 aromatic heterocycles. The van der Waals surface area contributed by atoms with Crippen molar-refractivity contribution >= 4 is 35.3 Å². The van der Waals surface area contributed by atoms with Crippen molar-refractivity contribution in [3.8, 4) is 5.75 Å². The highest BCUT2D eigenvalue weighted by Gasteiger charge is 2.18. The molecular weight excluding hydrogens is 448 g/mol. The number of rotatable bonds is 10. The molecule has 0 spiro atoms. The van der Waals surface area contributed by atoms with Gasteiger partial charge in [0.1, 0.15) is 11.4 Å². The van der Waals surface area contributed by atoms with Crippen molar-refractivity contribution in [2.45, 2.75) is 0 Å². The zero-order valence-electron chi connectivity index (χ0n) is 19.5. The summed E-state index contributed by atoms with van der Waals surface area (Å²) in [5.41, 5.74) is 2.52. The van der Waals surface area contributed by atoms with Gasteiger partial charge in [-0.3, -0.25) is 19.5 Å². The third-order valence-electron chi connectivity index (χ3n) is 5.52. The molecule has 1 aliphatic heterocycles. The van der Waals surface area contributed by atoms with Crippen molar-refractivity contribution in [1.29, 1.82) is 0 Å². The topological polar surface area (TPSA) is 125 Å². The Kier molecular flexibility index (Phi) is 8.02. The molecule has 0 saturated carbocycles. The fraction of sp³-hybridized carbons (Fsp3) is 0.292. The molecule has 0 aliphatic carbocycles. The van der Waals surface area contributed by atoms with E-state index in [0.717, 1.165) is 43.3 Å². The highest BCUT2D eigenvalue weighted by molar-refractivity contribution is 6.04. The predicted molar refractivity (Wildman–Crippen MR) is 134 cm³/mol. The third kappa shape index (κ3) is 6.21. The van der Waals surface area contributed by atoms with E-state index in [9.17, 15) is 9.59 Å². The van der Waals surface area contributed by atoms with Crippen LogP contribution in [-0.2, 0) is 4.79 Å². The molecule has 0 atom stereocenters. The van der Waals surface area contributed by atoms with E-state index < -0.39 is 5.91 Å². The highest BCUT2D eigenvalue weighted by atomic mass is 16.5. The molecule has 3 aromatic rings. The summed E-state index contributed by atoms with van der Waals surface area (Å²) in [6.07, 6.45) is 5.44. The van der Waals surface area contributed by atoms with Crippen molar-refractivity contribution in [2.24, 2.45) is 0 Å². The highest BCUT2D eigenvalue weighted by Crippen LogP contribution is 2.25. The van der Waals surface area contributed by atoms with E-state index in [1.54, 1.807) is 19.5 Å². The summed E-state index contributed by atoms with van der Waals surface area (Å²) >= 11 is 0. The second-order valence-corrected chi connectivity index (χ2v) is 7.78. The number of carbonyl (C=O) groups is 2. The molecule has 11 nitrogen and oxygen atoms in total. The number of piperazine rings is 1. The third-order valence-corrected chi connectivity index (χ3v) is 5.52. The first-order valence-corrected chi connectivity index (χ1v) is 11.3. The summed E-state index contributed by atoms with van der Waals surface area (Å²) in [7, 11) is 1.61. The number of pyridine rings is 1. The van der Waals surface area contributed by atoms with Gasteiger partial charge in [0.2, 0.25) is 12.4 Å². The molecule has 1 fully saturated rings. The lowest BCUT2D eigenvalue weighted by Crippen LogP contribution is -2.43. The standard InChI is InChI=1S/C24H28N8O3/c1-35-19-4-2-3-18(15-19)27-11-14-32(17-33)24-28-8-5-20(30-24)23(34)29-21-16-26-7-6-22(21)31-12-9-25-10-13-31/h2-8,15-17,25,27H,9-14H2,1H3,(H,29,34). The lowest BCUT2D eigenvalue weighted by atomic mass is 10.2. The fourth-order valence-electron chi connectivity index (χ4n) is 3.72. The summed E-state index contributed by atoms with van der Waals surface area (Å²) in [5, 5.41) is 9.45. The monoisotopic (exact) mass is 476 g/mol. The van der Waals surface area contributed by atoms with Crippen LogP contribution in [0.1, 0.15) is 10.5 Å². The van der Waals surface area contributed by atoms with Gasteiger partial charge in [0.25, 0.3) is 5.91 Å². The molecule has 0 unspecified atom stereocenters. The van der Waals surface area contributed by atoms with Crippen LogP contribution in [0, 0.1) is 0 Å². The smallest absolute Gasteiger partial charge is 0.274 e. The van der Waals surface area contributed by atoms with E-state index in [0.29, 0.717) is 25.2 Å². The minimum Gasteiger partial charge on any atom is -0.497 e. The number of nitrogens with zero attached hydrogens (tertiary/aromatic N) is 5. The van der Waals surface area contributed by atoms with Crippen LogP contribution in [0.2, 0.25) is 0 Å². The SMILES string of the molecule is COc1cccc(NCCN(C=O)c2nccc(C(=O)Nc3cnccc3N3CCNCC3)n2)c1. The second kappa shape index (κ2) is 11.7. The number of anilines is 4. The molecule has 0 bridgehead atoms. The Morgan fingerprint density at radius 2 is 2.09 bits per heavy atom. The van der Waals surface area contributed by atoms with Crippen molar-refractivity contribution in [3.63, 3.8) is 0 Å². The maximum atomic E-state index is 13.0. The summed E-state index contributed by atoms with van der Waals surface area (Å²) in [5.74, 6) is 0.477. The number of methoxy groups -OCH3 is 1. The molecule has 35 heavy (non-hydrogen) atoms. The summed E-state index contributed by atoms with van der Waals surface area (Å²) in [6, 6.07) is 10.9. The lowest BCUT2D eigenvalue weighted by molar-refractivity contribution is -0.107. The maximum absolute atomic E-state index is 13.0. The van der Waals surface area contributed by atoms with E-state index in [4.69, 9.17) is 4.74 Å². The van der Waals surface area contributed by atoms with Crippen molar-refractivity contribution in [1.82, 2.24) is 20.3 Å². The van der Waals surface area contributed by atoms with Gasteiger partial charge in [0.05, 0.1) is 24.7 Å². The largest absolute Gasteiger partial charge is 0.497 e. The number of nitrogens with one attached hydrogen (secondary N) is 3. The molecule has 182 valence electrons. The van der Waals surface area contributed by atoms with Crippen LogP contribution in [-0.4, -0.2) is 73.6 Å². The van der Waals surface area contributed by atoms with Crippen LogP contribution in [0.4, 0.5) is 23.0 Å². The maximum Gasteiger partial charge on any atom is 0.274 e. The number of benzene rings is 1. The van der Waals surface area contributed by atoms with Gasteiger partial charge in [0, 0.05) is 63.4 Å². The number of amides is 2. The molecule has 1 saturated heterocycles. The van der Waals surface area contributed by atoms with E-state index in [2.05, 4.69) is 35.8 Å². The molecule has 1 aromatic carbocycles. The molecule has 3 N–H and O–H groups in total. The first-order chi connectivity index (χ1) is 17.2. The Bertz CT molecular complexity index is 1150. The van der Waals surface area contributed by atoms with E-state index in [1.165, 1.54) is 17.2 Å². The van der Waals surface area contributed by atoms with Gasteiger partial charge in [-0.25, -0.2) is 9.97 Å². The number of ether oxygens (including phenoxy) is 1. The van der Waals surface area contributed by atoms with Gasteiger partial charge in [0.15, 0.2) is 0 Å². The Morgan fingerprint density at radius 3 is 2.89 bits per heavy atom. The van der Waals surface area contributed by atoms with Gasteiger partial charge >= 0.3 is 0 Å². The first-order valence-electron chi connectivity index (χ1n) is 11.3. The van der Waals surface area contributed by atoms with Gasteiger partial charge in [-0.05, 0) is 24.3 Å². The number of carbonyl (C=O) groups excluding carboxylic acids is 2. The number of hydrogen-bond donors (Lipinski definition) is 3. The summed E-state index contributed by atoms with van der Waals surface area (Å²) in [4.78, 5) is 40.9. The van der Waals surface area contributed by atoms with Crippen LogP contribution < -0.4 is 30.5 Å². The Morgan fingerprint density at radius 1 is 1.23 bits per heavy atom. The zero-order valence-corrected chi connectivity index (χ0v) is 19.5. The molecule has 3 heterocycles. The van der Waals surface area contributed by atoms with Gasteiger partial charge < -0.3 is 25.6 Å². The molecule has 2 amide bonds. The predicted octanol–water partition coefficient (Wildman–Crippen LogP) is 1.62. The molecule has 1 aliphatic rings. The van der Waals surface area contributed by atoms with E-state index >= 15 is 0 Å². The Balaban J connectivity index is 1.41. The molecule has 4 rings (SSSR count). The van der Waals surface area contributed by atoms with Crippen LogP contribution in [0.15, 0.2) is 55.0 Å². The van der Waals surface area contributed by atoms with Gasteiger partial charge in [-0.1, -0.05) is 6.07 Å². The van der Waals surface area contributed by atoms with Crippen LogP contribution >= 0.6 is 0 Å². The molecular formula is C24H28N8O3. The van der Waals surface area contributed by atoms with Gasteiger partial charge in [-0.15, -0.1) is 0 Å². The van der Waals surface area contributed by atoms with Crippen LogP contribution in [0.25, 0.3) is 0 Å². The molecule has 11 heteroatoms. The number of hydrogen-bond acceptors (Lipinski definition) is 9. The van der Waals surface area contributed by atoms with E-state index in [-0.39, 0.29) is 11.6 Å². The average molecular weight is 477 g/mol. The minimum absolute atomic E-state index is 0.147. The Hall–Kier alpha value is -4.25. The van der Waals surface area contributed by atoms with Gasteiger partial charge in [-0.2, -0.15) is 0 Å². The van der Waals surface area contributed by atoms with Crippen molar-refractivity contribution in [3.05, 3.63) is 60.7 Å². The quantitative estimate of drug-likeness (QED) is 0.374. The normalized spacial score (nSPS) is 13.1. The van der Waals surface area contributed by atoms with Crippen molar-refractivity contribution < 1.29 is 14.3 Å². The van der Waals surface area contributed by atoms with Crippen LogP contribution in [0.3, 0.4) is 0 Å². The zero-order chi connectivity index (χ0) is 24.5. The van der Waals surface area contributed by atoms with Crippen LogP contribution in [0.5, 0.6) is 5.75 Å². The van der Waals surface area contributed by atoms with Crippen molar-refractivity contribution in [2.75, 3.05) is 66.8 Å². The fourth-order valence-corrected chi connectivity index (χ4v) is 3.72. The van der Waals surface area contributed by atoms with E-state index in [1.807, 2.05) is 30.3 Å². The number of aromatic nitrogens is 3. The first kappa shape index (κ1) is 23.9.